The summed E-state index contributed by atoms with van der Waals surface area (Å²) in [6.45, 7) is 1.41. The van der Waals surface area contributed by atoms with Crippen LogP contribution in [0.2, 0.25) is 0 Å². The summed E-state index contributed by atoms with van der Waals surface area (Å²) < 4.78 is 22.6. The topological polar surface area (TPSA) is 68.1 Å². The Bertz CT molecular complexity index is 408. The molecule has 0 unspecified atom stereocenters. The number of hydrogen-bond acceptors (Lipinski definition) is 5. The molecule has 1 aromatic rings. The number of rotatable bonds is 4. The molecule has 0 spiro atoms. The van der Waals surface area contributed by atoms with E-state index in [1.807, 2.05) is 0 Å². The van der Waals surface area contributed by atoms with Crippen molar-refractivity contribution in [1.82, 2.24) is 0 Å². The second-order valence-electron chi connectivity index (χ2n) is 4.38. The van der Waals surface area contributed by atoms with Crippen molar-refractivity contribution >= 4 is 0 Å². The van der Waals surface area contributed by atoms with Gasteiger partial charge < -0.3 is 14.6 Å². The molecule has 20 heavy (non-hydrogen) atoms. The maximum absolute atomic E-state index is 12.7. The predicted molar refractivity (Wildman–Crippen MR) is 73.4 cm³/mol. The quantitative estimate of drug-likeness (QED) is 0.862. The Morgan fingerprint density at radius 2 is 2.15 bits per heavy atom. The van der Waals surface area contributed by atoms with Gasteiger partial charge in [-0.25, -0.2) is 4.39 Å². The molecule has 5 nitrogen and oxygen atoms in total. The molecule has 6 heteroatoms. The van der Waals surface area contributed by atoms with E-state index in [-0.39, 0.29) is 18.5 Å². The Kier molecular flexibility index (Phi) is 7.75. The van der Waals surface area contributed by atoms with Crippen molar-refractivity contribution in [2.24, 2.45) is 5.18 Å². The number of halogens is 1. The van der Waals surface area contributed by atoms with E-state index in [0.717, 1.165) is 12.8 Å². The van der Waals surface area contributed by atoms with Gasteiger partial charge in [-0.3, -0.25) is 0 Å². The average molecular weight is 285 g/mol. The molecule has 1 saturated heterocycles. The first kappa shape index (κ1) is 16.5. The summed E-state index contributed by atoms with van der Waals surface area (Å²) in [5.74, 6) is 0.310. The number of hydrogen-bond donors (Lipinski definition) is 1. The van der Waals surface area contributed by atoms with Gasteiger partial charge in [0.25, 0.3) is 0 Å². The monoisotopic (exact) mass is 285 g/mol. The van der Waals surface area contributed by atoms with E-state index in [4.69, 9.17) is 14.6 Å². The molecule has 0 radical (unpaired) electrons. The summed E-state index contributed by atoms with van der Waals surface area (Å²) in [5.41, 5.74) is 0.694. The number of aliphatic hydroxyl groups is 1. The van der Waals surface area contributed by atoms with Gasteiger partial charge in [-0.05, 0) is 43.0 Å². The van der Waals surface area contributed by atoms with Crippen molar-refractivity contribution in [2.45, 2.75) is 25.3 Å². The van der Waals surface area contributed by atoms with Crippen LogP contribution in [0.5, 0.6) is 5.75 Å². The summed E-state index contributed by atoms with van der Waals surface area (Å²) >= 11 is 0. The van der Waals surface area contributed by atoms with Crippen LogP contribution in [0.1, 0.15) is 18.4 Å². The Labute approximate surface area is 117 Å². The third kappa shape index (κ3) is 5.63. The summed E-state index contributed by atoms with van der Waals surface area (Å²) in [5, 5.41) is 11.6. The third-order valence-electron chi connectivity index (χ3n) is 2.96. The Morgan fingerprint density at radius 3 is 2.65 bits per heavy atom. The molecule has 0 aliphatic carbocycles. The molecule has 0 aromatic heterocycles. The normalized spacial score (nSPS) is 15.2. The van der Waals surface area contributed by atoms with E-state index < -0.39 is 0 Å². The van der Waals surface area contributed by atoms with Crippen LogP contribution in [0.25, 0.3) is 0 Å². The van der Waals surface area contributed by atoms with E-state index in [1.54, 1.807) is 6.07 Å². The first-order valence-electron chi connectivity index (χ1n) is 6.54. The minimum absolute atomic E-state index is 0.000185. The van der Waals surface area contributed by atoms with Crippen LogP contribution >= 0.6 is 0 Å². The lowest BCUT2D eigenvalue weighted by molar-refractivity contribution is 0.0868. The van der Waals surface area contributed by atoms with Crippen LogP contribution in [0.4, 0.5) is 4.39 Å². The van der Waals surface area contributed by atoms with Gasteiger partial charge in [0.15, 0.2) is 0 Å². The molecule has 1 heterocycles. The lowest BCUT2D eigenvalue weighted by atomic mass is 10.1. The number of aliphatic hydroxyl groups excluding tert-OH is 1. The zero-order valence-electron chi connectivity index (χ0n) is 11.5. The average Bonchev–Trinajstić information content (AvgIpc) is 2.49. The first-order valence-corrected chi connectivity index (χ1v) is 6.54. The molecular weight excluding hydrogens is 265 g/mol. The van der Waals surface area contributed by atoms with Crippen LogP contribution in [0, 0.1) is 10.7 Å². The van der Waals surface area contributed by atoms with Gasteiger partial charge in [0, 0.05) is 19.8 Å². The second-order valence-corrected chi connectivity index (χ2v) is 4.38. The highest BCUT2D eigenvalue weighted by atomic mass is 19.1. The molecule has 1 aliphatic heterocycles. The predicted octanol–water partition coefficient (Wildman–Crippen LogP) is 2.30. The van der Waals surface area contributed by atoms with Crippen LogP contribution < -0.4 is 4.74 Å². The molecule has 0 atom stereocenters. The highest BCUT2D eigenvalue weighted by Gasteiger charge is 2.12. The molecule has 0 bridgehead atoms. The van der Waals surface area contributed by atoms with Gasteiger partial charge in [0.1, 0.15) is 11.6 Å². The molecule has 0 amide bonds. The number of nitrogens with zero attached hydrogens (tertiary/aromatic N) is 1. The molecule has 0 saturated carbocycles. The summed E-state index contributed by atoms with van der Waals surface area (Å²) in [7, 11) is 1.52. The number of benzene rings is 1. The zero-order chi connectivity index (χ0) is 14.8. The van der Waals surface area contributed by atoms with Gasteiger partial charge >= 0.3 is 0 Å². The zero-order valence-corrected chi connectivity index (χ0v) is 11.5. The van der Waals surface area contributed by atoms with Gasteiger partial charge in [-0.1, -0.05) is 5.18 Å². The standard InChI is InChI=1S/C9H11FO2.C5H9NO2/c1-12-9-3-2-8(10)6-7(9)4-5-11;7-6-5-1-3-8-4-2-5/h2-3,6,11H,4-5H2,1H3;5H,1-4H2. The Hall–Kier alpha value is -1.53. The van der Waals surface area contributed by atoms with Crippen LogP contribution in [-0.4, -0.2) is 38.1 Å². The van der Waals surface area contributed by atoms with E-state index >= 15 is 0 Å². The van der Waals surface area contributed by atoms with Crippen LogP contribution in [0.15, 0.2) is 23.4 Å². The van der Waals surface area contributed by atoms with Crippen molar-refractivity contribution < 1.29 is 19.0 Å². The third-order valence-corrected chi connectivity index (χ3v) is 2.96. The smallest absolute Gasteiger partial charge is 0.123 e. The number of nitroso groups, excluding NO2 is 1. The van der Waals surface area contributed by atoms with Crippen molar-refractivity contribution in [3.8, 4) is 5.75 Å². The van der Waals surface area contributed by atoms with E-state index in [1.165, 1.54) is 19.2 Å². The summed E-state index contributed by atoms with van der Waals surface area (Å²) in [4.78, 5) is 9.85. The molecule has 112 valence electrons. The Morgan fingerprint density at radius 1 is 1.45 bits per heavy atom. The highest BCUT2D eigenvalue weighted by Crippen LogP contribution is 2.19. The van der Waals surface area contributed by atoms with Crippen molar-refractivity contribution in [2.75, 3.05) is 26.9 Å². The van der Waals surface area contributed by atoms with E-state index in [2.05, 4.69) is 5.18 Å². The van der Waals surface area contributed by atoms with Gasteiger partial charge in [0.2, 0.25) is 0 Å². The molecule has 1 aromatic carbocycles. The van der Waals surface area contributed by atoms with Gasteiger partial charge in [-0.15, -0.1) is 0 Å². The molecule has 2 rings (SSSR count). The van der Waals surface area contributed by atoms with Crippen molar-refractivity contribution in [3.05, 3.63) is 34.5 Å². The molecular formula is C14H20FNO4. The van der Waals surface area contributed by atoms with Crippen molar-refractivity contribution in [3.63, 3.8) is 0 Å². The summed E-state index contributed by atoms with van der Waals surface area (Å²) in [6.07, 6.45) is 2.04. The van der Waals surface area contributed by atoms with E-state index in [9.17, 15) is 9.30 Å². The fraction of sp³-hybridized carbons (Fsp3) is 0.571. The van der Waals surface area contributed by atoms with Crippen LogP contribution in [-0.2, 0) is 11.2 Å². The molecule has 1 fully saturated rings. The minimum Gasteiger partial charge on any atom is -0.496 e. The fourth-order valence-corrected chi connectivity index (χ4v) is 1.85. The minimum atomic E-state index is -0.306. The first-order chi connectivity index (χ1) is 9.71. The van der Waals surface area contributed by atoms with Gasteiger partial charge in [-0.2, -0.15) is 4.91 Å². The van der Waals surface area contributed by atoms with Crippen molar-refractivity contribution in [1.29, 1.82) is 0 Å². The largest absolute Gasteiger partial charge is 0.496 e. The lowest BCUT2D eigenvalue weighted by Crippen LogP contribution is -2.17. The number of methoxy groups -OCH3 is 1. The summed E-state index contributed by atoms with van der Waals surface area (Å²) in [6, 6.07) is 4.29. The van der Waals surface area contributed by atoms with Gasteiger partial charge in [0.05, 0.1) is 13.2 Å². The Balaban J connectivity index is 0.000000217. The molecule has 1 aliphatic rings. The lowest BCUT2D eigenvalue weighted by Gasteiger charge is -2.14. The van der Waals surface area contributed by atoms with E-state index in [0.29, 0.717) is 30.9 Å². The maximum Gasteiger partial charge on any atom is 0.123 e. The molecule has 1 N–H and O–H groups in total. The fourth-order valence-electron chi connectivity index (χ4n) is 1.85. The SMILES string of the molecule is COc1ccc(F)cc1CCO.O=NC1CCOCC1. The second kappa shape index (κ2) is 9.39. The van der Waals surface area contributed by atoms with Crippen LogP contribution in [0.3, 0.4) is 0 Å². The highest BCUT2D eigenvalue weighted by molar-refractivity contribution is 5.33. The number of ether oxygens (including phenoxy) is 2. The maximum atomic E-state index is 12.7.